The Morgan fingerprint density at radius 1 is 1.24 bits per heavy atom. The molecule has 2 heterocycles. The standard InChI is InChI=1S/C23H27ClF2N4O2S2/c1-3-4-7-30(2)12-19-21(18-11-15(24)13-33-18)28-23(34-19)29-22(32)14-9-16(25)20(17(26)10-14)27-6-5-8-31/h9-11,13,27,31H,3-8,12H2,1-2H3,(H,28,29,32). The van der Waals surface area contributed by atoms with Gasteiger partial charge in [-0.15, -0.1) is 11.3 Å². The van der Waals surface area contributed by atoms with Gasteiger partial charge in [0.15, 0.2) is 5.13 Å². The summed E-state index contributed by atoms with van der Waals surface area (Å²) in [5.41, 5.74) is 0.259. The lowest BCUT2D eigenvalue weighted by Crippen LogP contribution is -2.18. The Hall–Kier alpha value is -2.11. The fourth-order valence-electron chi connectivity index (χ4n) is 3.23. The van der Waals surface area contributed by atoms with Crippen LogP contribution in [0.5, 0.6) is 0 Å². The molecule has 0 radical (unpaired) electrons. The maximum atomic E-state index is 14.4. The van der Waals surface area contributed by atoms with Gasteiger partial charge in [0.2, 0.25) is 0 Å². The van der Waals surface area contributed by atoms with E-state index in [9.17, 15) is 13.6 Å². The number of benzene rings is 1. The summed E-state index contributed by atoms with van der Waals surface area (Å²) in [6.45, 7) is 3.82. The quantitative estimate of drug-likeness (QED) is 0.248. The summed E-state index contributed by atoms with van der Waals surface area (Å²) in [5.74, 6) is -2.42. The van der Waals surface area contributed by atoms with Gasteiger partial charge in [-0.25, -0.2) is 13.8 Å². The van der Waals surface area contributed by atoms with Crippen LogP contribution in [0.25, 0.3) is 10.6 Å². The Kier molecular flexibility index (Phi) is 9.78. The molecular weight excluding hydrogens is 502 g/mol. The van der Waals surface area contributed by atoms with Crippen molar-refractivity contribution < 1.29 is 18.7 Å². The number of aliphatic hydroxyl groups excluding tert-OH is 1. The summed E-state index contributed by atoms with van der Waals surface area (Å²) in [5, 5.41) is 16.9. The van der Waals surface area contributed by atoms with Crippen LogP contribution in [0.1, 0.15) is 41.4 Å². The van der Waals surface area contributed by atoms with E-state index >= 15 is 0 Å². The molecule has 0 spiro atoms. The van der Waals surface area contributed by atoms with E-state index in [2.05, 4.69) is 27.4 Å². The largest absolute Gasteiger partial charge is 0.396 e. The molecule has 0 unspecified atom stereocenters. The second kappa shape index (κ2) is 12.6. The summed E-state index contributed by atoms with van der Waals surface area (Å²) in [7, 11) is 2.03. The molecule has 6 nitrogen and oxygen atoms in total. The van der Waals surface area contributed by atoms with Crippen LogP contribution in [-0.2, 0) is 6.54 Å². The second-order valence-corrected chi connectivity index (χ2v) is 10.2. The molecule has 34 heavy (non-hydrogen) atoms. The Morgan fingerprint density at radius 2 is 1.97 bits per heavy atom. The van der Waals surface area contributed by atoms with Crippen molar-refractivity contribution in [3.8, 4) is 10.6 Å². The highest BCUT2D eigenvalue weighted by Crippen LogP contribution is 2.37. The molecule has 0 atom stereocenters. The van der Waals surface area contributed by atoms with E-state index in [0.717, 1.165) is 47.0 Å². The molecule has 3 rings (SSSR count). The highest BCUT2D eigenvalue weighted by molar-refractivity contribution is 7.17. The van der Waals surface area contributed by atoms with Crippen LogP contribution in [0.4, 0.5) is 19.6 Å². The first-order valence-corrected chi connectivity index (χ1v) is 13.0. The third kappa shape index (κ3) is 6.96. The minimum absolute atomic E-state index is 0.0966. The fourth-order valence-corrected chi connectivity index (χ4v) is 5.44. The lowest BCUT2D eigenvalue weighted by atomic mass is 10.1. The molecule has 0 bridgehead atoms. The average molecular weight is 529 g/mol. The smallest absolute Gasteiger partial charge is 0.257 e. The Labute approximate surface area is 210 Å². The van der Waals surface area contributed by atoms with Gasteiger partial charge in [-0.1, -0.05) is 36.3 Å². The van der Waals surface area contributed by atoms with E-state index in [1.54, 1.807) is 0 Å². The normalized spacial score (nSPS) is 11.3. The van der Waals surface area contributed by atoms with Gasteiger partial charge in [-0.3, -0.25) is 10.1 Å². The summed E-state index contributed by atoms with van der Waals surface area (Å²) in [6, 6.07) is 3.79. The lowest BCUT2D eigenvalue weighted by Gasteiger charge is -2.15. The number of aromatic nitrogens is 1. The molecule has 11 heteroatoms. The van der Waals surface area contributed by atoms with Crippen LogP contribution in [0.2, 0.25) is 5.02 Å². The van der Waals surface area contributed by atoms with Crippen molar-refractivity contribution in [2.24, 2.45) is 0 Å². The zero-order valence-electron chi connectivity index (χ0n) is 19.0. The van der Waals surface area contributed by atoms with Gasteiger partial charge in [0.1, 0.15) is 17.3 Å². The number of unbranched alkanes of at least 4 members (excludes halogenated alkanes) is 1. The minimum atomic E-state index is -0.880. The number of anilines is 2. The zero-order valence-corrected chi connectivity index (χ0v) is 21.3. The Bertz CT molecular complexity index is 1100. The van der Waals surface area contributed by atoms with Gasteiger partial charge in [0, 0.05) is 35.5 Å². The van der Waals surface area contributed by atoms with Gasteiger partial charge in [0.05, 0.1) is 15.6 Å². The number of nitrogens with one attached hydrogen (secondary N) is 2. The van der Waals surface area contributed by atoms with E-state index in [4.69, 9.17) is 16.7 Å². The van der Waals surface area contributed by atoms with Crippen molar-refractivity contribution in [3.63, 3.8) is 0 Å². The first kappa shape index (κ1) is 26.5. The van der Waals surface area contributed by atoms with Gasteiger partial charge < -0.3 is 15.3 Å². The molecule has 0 aliphatic rings. The molecular formula is C23H27ClF2N4O2S2. The maximum Gasteiger partial charge on any atom is 0.257 e. The number of amides is 1. The number of aliphatic hydroxyl groups is 1. The molecule has 2 aromatic heterocycles. The number of thiophene rings is 1. The number of nitrogens with zero attached hydrogens (tertiary/aromatic N) is 2. The molecule has 0 aliphatic carbocycles. The lowest BCUT2D eigenvalue weighted by molar-refractivity contribution is 0.102. The van der Waals surface area contributed by atoms with E-state index < -0.39 is 17.5 Å². The number of thiazole rings is 1. The van der Waals surface area contributed by atoms with Crippen LogP contribution in [0, 0.1) is 11.6 Å². The first-order chi connectivity index (χ1) is 16.3. The van der Waals surface area contributed by atoms with Crippen LogP contribution in [-0.4, -0.2) is 47.6 Å². The van der Waals surface area contributed by atoms with Crippen molar-refractivity contribution in [2.45, 2.75) is 32.7 Å². The van der Waals surface area contributed by atoms with Gasteiger partial charge in [-0.2, -0.15) is 0 Å². The van der Waals surface area contributed by atoms with Gasteiger partial charge in [-0.05, 0) is 44.6 Å². The SMILES string of the molecule is CCCCN(C)Cc1sc(NC(=O)c2cc(F)c(NCCCO)c(F)c2)nc1-c1cc(Cl)cs1. The van der Waals surface area contributed by atoms with Gasteiger partial charge in [0.25, 0.3) is 5.91 Å². The molecule has 0 fully saturated rings. The summed E-state index contributed by atoms with van der Waals surface area (Å²) < 4.78 is 28.8. The number of hydrogen-bond donors (Lipinski definition) is 3. The number of hydrogen-bond acceptors (Lipinski definition) is 7. The summed E-state index contributed by atoms with van der Waals surface area (Å²) >= 11 is 8.90. The maximum absolute atomic E-state index is 14.4. The molecule has 3 aromatic rings. The Balaban J connectivity index is 1.81. The third-order valence-electron chi connectivity index (χ3n) is 4.97. The van der Waals surface area contributed by atoms with Crippen molar-refractivity contribution >= 4 is 51.0 Å². The second-order valence-electron chi connectivity index (χ2n) is 7.78. The monoisotopic (exact) mass is 528 g/mol. The number of carbonyl (C=O) groups excluding carboxylic acids is 1. The number of halogens is 3. The Morgan fingerprint density at radius 3 is 2.59 bits per heavy atom. The molecule has 1 amide bonds. The predicted molar refractivity (Wildman–Crippen MR) is 136 cm³/mol. The van der Waals surface area contributed by atoms with E-state index in [-0.39, 0.29) is 24.4 Å². The molecule has 3 N–H and O–H groups in total. The molecule has 0 saturated carbocycles. The van der Waals surface area contributed by atoms with Crippen LogP contribution < -0.4 is 10.6 Å². The first-order valence-electron chi connectivity index (χ1n) is 10.9. The average Bonchev–Trinajstić information content (AvgIpc) is 3.39. The van der Waals surface area contributed by atoms with Gasteiger partial charge >= 0.3 is 0 Å². The van der Waals surface area contributed by atoms with Crippen molar-refractivity contribution in [1.82, 2.24) is 9.88 Å². The third-order valence-corrected chi connectivity index (χ3v) is 7.21. The molecule has 184 valence electrons. The summed E-state index contributed by atoms with van der Waals surface area (Å²) in [6.07, 6.45) is 2.50. The molecule has 0 saturated heterocycles. The van der Waals surface area contributed by atoms with E-state index in [0.29, 0.717) is 23.1 Å². The minimum Gasteiger partial charge on any atom is -0.396 e. The van der Waals surface area contributed by atoms with E-state index in [1.165, 1.54) is 22.7 Å². The number of rotatable bonds is 12. The summed E-state index contributed by atoms with van der Waals surface area (Å²) in [4.78, 5) is 21.4. The fraction of sp³-hybridized carbons (Fsp3) is 0.391. The van der Waals surface area contributed by atoms with Crippen molar-refractivity contribution in [1.29, 1.82) is 0 Å². The van der Waals surface area contributed by atoms with Crippen LogP contribution in [0.15, 0.2) is 23.6 Å². The highest BCUT2D eigenvalue weighted by atomic mass is 35.5. The molecule has 1 aromatic carbocycles. The topological polar surface area (TPSA) is 77.5 Å². The van der Waals surface area contributed by atoms with Crippen molar-refractivity contribution in [2.75, 3.05) is 37.4 Å². The van der Waals surface area contributed by atoms with Crippen molar-refractivity contribution in [3.05, 3.63) is 50.7 Å². The number of carbonyl (C=O) groups is 1. The highest BCUT2D eigenvalue weighted by Gasteiger charge is 2.20. The van der Waals surface area contributed by atoms with E-state index in [1.807, 2.05) is 18.5 Å². The van der Waals surface area contributed by atoms with Crippen LogP contribution >= 0.6 is 34.3 Å². The predicted octanol–water partition coefficient (Wildman–Crippen LogP) is 6.08. The van der Waals surface area contributed by atoms with Crippen LogP contribution in [0.3, 0.4) is 0 Å². The molecule has 0 aliphatic heterocycles. The zero-order chi connectivity index (χ0) is 24.7.